The third-order valence-corrected chi connectivity index (χ3v) is 2.70. The second-order valence-electron chi connectivity index (χ2n) is 3.85. The van der Waals surface area contributed by atoms with Gasteiger partial charge in [0.15, 0.2) is 0 Å². The van der Waals surface area contributed by atoms with Crippen LogP contribution in [0, 0.1) is 0 Å². The summed E-state index contributed by atoms with van der Waals surface area (Å²) in [7, 11) is 1.32. The second kappa shape index (κ2) is 5.37. The molecule has 0 aliphatic heterocycles. The lowest BCUT2D eigenvalue weighted by atomic mass is 9.95. The van der Waals surface area contributed by atoms with Crippen LogP contribution < -0.4 is 0 Å². The maximum Gasteiger partial charge on any atom is 0.454 e. The molecule has 0 spiro atoms. The summed E-state index contributed by atoms with van der Waals surface area (Å²) < 4.78 is 41.9. The van der Waals surface area contributed by atoms with Crippen LogP contribution >= 0.6 is 0 Å². The van der Waals surface area contributed by atoms with Crippen molar-refractivity contribution in [3.63, 3.8) is 0 Å². The average molecular weight is 236 g/mol. The highest BCUT2D eigenvalue weighted by Crippen LogP contribution is 2.30. The summed E-state index contributed by atoms with van der Waals surface area (Å²) >= 11 is 0. The Morgan fingerprint density at radius 1 is 1.12 bits per heavy atom. The fourth-order valence-electron chi connectivity index (χ4n) is 1.87. The van der Waals surface area contributed by atoms with Gasteiger partial charge in [0.1, 0.15) is 5.76 Å². The number of hydrogen-bond acceptors (Lipinski definition) is 2. The molecule has 5 heteroatoms. The quantitative estimate of drug-likeness (QED) is 0.734. The van der Waals surface area contributed by atoms with Gasteiger partial charge in [0.05, 0.1) is 7.11 Å². The largest absolute Gasteiger partial charge is 0.501 e. The van der Waals surface area contributed by atoms with E-state index in [9.17, 15) is 18.0 Å². The topological polar surface area (TPSA) is 26.3 Å². The lowest BCUT2D eigenvalue weighted by Crippen LogP contribution is -2.26. The molecule has 0 saturated heterocycles. The highest BCUT2D eigenvalue weighted by atomic mass is 19.4. The number of alkyl halides is 3. The Labute approximate surface area is 92.5 Å². The highest BCUT2D eigenvalue weighted by molar-refractivity contribution is 6.00. The smallest absolute Gasteiger partial charge is 0.454 e. The fraction of sp³-hybridized carbons (Fsp3) is 0.727. The number of methoxy groups -OCH3 is 1. The van der Waals surface area contributed by atoms with Crippen LogP contribution in [0.4, 0.5) is 13.2 Å². The molecule has 0 unspecified atom stereocenters. The van der Waals surface area contributed by atoms with Gasteiger partial charge in [-0.25, -0.2) is 0 Å². The van der Waals surface area contributed by atoms with Gasteiger partial charge in [-0.15, -0.1) is 0 Å². The molecule has 2 nitrogen and oxygen atoms in total. The number of carbonyl (C=O) groups is 1. The molecule has 0 N–H and O–H groups in total. The van der Waals surface area contributed by atoms with Crippen molar-refractivity contribution in [2.24, 2.45) is 0 Å². The Hall–Kier alpha value is -1.00. The summed E-state index contributed by atoms with van der Waals surface area (Å²) in [5.41, 5.74) is -0.185. The van der Waals surface area contributed by atoms with Gasteiger partial charge in [-0.2, -0.15) is 13.2 Å². The van der Waals surface area contributed by atoms with Crippen molar-refractivity contribution in [3.05, 3.63) is 11.3 Å². The molecule has 0 bridgehead atoms. The molecular weight excluding hydrogens is 221 g/mol. The minimum atomic E-state index is -4.79. The monoisotopic (exact) mass is 236 g/mol. The minimum absolute atomic E-state index is 0.168. The van der Waals surface area contributed by atoms with E-state index in [4.69, 9.17) is 4.74 Å². The van der Waals surface area contributed by atoms with E-state index in [-0.39, 0.29) is 17.8 Å². The maximum atomic E-state index is 12.3. The summed E-state index contributed by atoms with van der Waals surface area (Å²) in [4.78, 5) is 11.2. The molecular formula is C11H15F3O2. The van der Waals surface area contributed by atoms with Gasteiger partial charge in [-0.3, -0.25) is 4.79 Å². The normalized spacial score (nSPS) is 23.5. The molecule has 0 aromatic rings. The van der Waals surface area contributed by atoms with Gasteiger partial charge in [0.25, 0.3) is 5.78 Å². The number of carbonyl (C=O) groups excluding carboxylic acids is 1. The van der Waals surface area contributed by atoms with Crippen molar-refractivity contribution in [2.45, 2.75) is 44.7 Å². The van der Waals surface area contributed by atoms with Crippen molar-refractivity contribution in [1.29, 1.82) is 0 Å². The van der Waals surface area contributed by atoms with E-state index in [0.29, 0.717) is 12.8 Å². The van der Waals surface area contributed by atoms with E-state index in [1.165, 1.54) is 7.11 Å². The minimum Gasteiger partial charge on any atom is -0.501 e. The van der Waals surface area contributed by atoms with Crippen LogP contribution in [0.2, 0.25) is 0 Å². The summed E-state index contributed by atoms with van der Waals surface area (Å²) in [6.45, 7) is 0. The van der Waals surface area contributed by atoms with Crippen LogP contribution in [-0.2, 0) is 9.53 Å². The van der Waals surface area contributed by atoms with E-state index in [2.05, 4.69) is 0 Å². The first kappa shape index (κ1) is 13.1. The van der Waals surface area contributed by atoms with E-state index in [1.54, 1.807) is 0 Å². The third kappa shape index (κ3) is 3.25. The summed E-state index contributed by atoms with van der Waals surface area (Å²) in [5, 5.41) is 0. The molecule has 0 aromatic carbocycles. The van der Waals surface area contributed by atoms with Crippen molar-refractivity contribution in [2.75, 3.05) is 7.11 Å². The number of rotatable bonds is 2. The van der Waals surface area contributed by atoms with E-state index < -0.39 is 12.0 Å². The van der Waals surface area contributed by atoms with Crippen LogP contribution in [0.5, 0.6) is 0 Å². The summed E-state index contributed by atoms with van der Waals surface area (Å²) in [6, 6.07) is 0. The average Bonchev–Trinajstić information content (AvgIpc) is 2.15. The van der Waals surface area contributed by atoms with Gasteiger partial charge in [0, 0.05) is 12.0 Å². The van der Waals surface area contributed by atoms with Gasteiger partial charge >= 0.3 is 6.18 Å². The number of halogens is 3. The number of allylic oxidation sites excluding steroid dienone is 2. The number of ketones is 1. The molecule has 0 saturated carbocycles. The first-order chi connectivity index (χ1) is 7.46. The molecule has 0 amide bonds. The predicted octanol–water partition coefficient (Wildman–Crippen LogP) is 3.37. The Balaban J connectivity index is 2.96. The molecule has 0 fully saturated rings. The second-order valence-corrected chi connectivity index (χ2v) is 3.85. The number of hydrogen-bond donors (Lipinski definition) is 0. The molecule has 1 aliphatic rings. The Morgan fingerprint density at radius 2 is 1.69 bits per heavy atom. The zero-order chi connectivity index (χ0) is 12.2. The van der Waals surface area contributed by atoms with E-state index >= 15 is 0 Å². The van der Waals surface area contributed by atoms with Crippen LogP contribution in [0.15, 0.2) is 11.3 Å². The lowest BCUT2D eigenvalue weighted by Gasteiger charge is -2.17. The predicted molar refractivity (Wildman–Crippen MR) is 52.8 cm³/mol. The van der Waals surface area contributed by atoms with E-state index in [1.807, 2.05) is 0 Å². The maximum absolute atomic E-state index is 12.3. The Morgan fingerprint density at radius 3 is 2.19 bits per heavy atom. The van der Waals surface area contributed by atoms with Crippen molar-refractivity contribution in [3.8, 4) is 0 Å². The zero-order valence-corrected chi connectivity index (χ0v) is 9.19. The molecule has 1 aliphatic carbocycles. The zero-order valence-electron chi connectivity index (χ0n) is 9.19. The van der Waals surface area contributed by atoms with Crippen LogP contribution in [-0.4, -0.2) is 19.1 Å². The molecule has 0 aromatic heterocycles. The summed E-state index contributed by atoms with van der Waals surface area (Å²) in [5.74, 6) is -1.53. The first-order valence-corrected chi connectivity index (χ1v) is 5.34. The van der Waals surface area contributed by atoms with E-state index in [0.717, 1.165) is 19.3 Å². The molecule has 0 radical (unpaired) electrons. The molecule has 0 atom stereocenters. The van der Waals surface area contributed by atoms with Gasteiger partial charge < -0.3 is 4.74 Å². The van der Waals surface area contributed by atoms with Crippen molar-refractivity contribution >= 4 is 5.78 Å². The van der Waals surface area contributed by atoms with Crippen molar-refractivity contribution < 1.29 is 22.7 Å². The fourth-order valence-corrected chi connectivity index (χ4v) is 1.87. The van der Waals surface area contributed by atoms with Crippen LogP contribution in [0.25, 0.3) is 0 Å². The molecule has 16 heavy (non-hydrogen) atoms. The van der Waals surface area contributed by atoms with Crippen molar-refractivity contribution in [1.82, 2.24) is 0 Å². The first-order valence-electron chi connectivity index (χ1n) is 5.34. The van der Waals surface area contributed by atoms with Crippen LogP contribution in [0.3, 0.4) is 0 Å². The molecule has 0 heterocycles. The standard InChI is InChI=1S/C11H15F3O2/c1-16-9-7-5-3-2-4-6-8(9)10(15)11(12,13)14/h2-7H2,1H3/b9-8-. The molecule has 1 rings (SSSR count). The highest BCUT2D eigenvalue weighted by Gasteiger charge is 2.41. The van der Waals surface area contributed by atoms with Gasteiger partial charge in [0.2, 0.25) is 0 Å². The Kier molecular flexibility index (Phi) is 4.38. The number of Topliss-reactive ketones (excluding diaryl/α,β-unsaturated/α-hetero) is 1. The van der Waals surface area contributed by atoms with Gasteiger partial charge in [-0.1, -0.05) is 12.8 Å². The Bertz CT molecular complexity index is 292. The third-order valence-electron chi connectivity index (χ3n) is 2.70. The SMILES string of the molecule is CO/C1=C(\C(=O)C(F)(F)F)CCCCCC1. The van der Waals surface area contributed by atoms with Gasteiger partial charge in [-0.05, 0) is 19.3 Å². The molecule has 92 valence electrons. The number of ether oxygens (including phenoxy) is 1. The van der Waals surface area contributed by atoms with Crippen LogP contribution in [0.1, 0.15) is 38.5 Å². The lowest BCUT2D eigenvalue weighted by molar-refractivity contribution is -0.167. The summed E-state index contributed by atoms with van der Waals surface area (Å²) in [6.07, 6.45) is -0.971.